The zero-order chi connectivity index (χ0) is 15.0. The van der Waals surface area contributed by atoms with Gasteiger partial charge in [-0.3, -0.25) is 0 Å². The van der Waals surface area contributed by atoms with Crippen molar-refractivity contribution in [3.05, 3.63) is 57.4 Å². The number of nitrogens with zero attached hydrogens (tertiary/aromatic N) is 1. The predicted molar refractivity (Wildman–Crippen MR) is 89.2 cm³/mol. The van der Waals surface area contributed by atoms with E-state index in [9.17, 15) is 4.39 Å². The quantitative estimate of drug-likeness (QED) is 0.645. The molecule has 0 atom stereocenters. The molecule has 21 heavy (non-hydrogen) atoms. The van der Waals surface area contributed by atoms with E-state index in [4.69, 9.17) is 10.3 Å². The third-order valence-electron chi connectivity index (χ3n) is 3.28. The molecule has 0 saturated heterocycles. The zero-order valence-electron chi connectivity index (χ0n) is 11.2. The minimum Gasteiger partial charge on any atom is -0.367 e. The molecule has 106 valence electrons. The Morgan fingerprint density at radius 3 is 2.71 bits per heavy atom. The molecule has 0 aliphatic carbocycles. The molecular formula is C16H12FIN2O. The van der Waals surface area contributed by atoms with Gasteiger partial charge in [-0.2, -0.15) is 0 Å². The van der Waals surface area contributed by atoms with E-state index in [1.165, 1.54) is 12.1 Å². The summed E-state index contributed by atoms with van der Waals surface area (Å²) >= 11 is 2.26. The molecule has 0 aliphatic rings. The minimum atomic E-state index is -0.321. The van der Waals surface area contributed by atoms with Crippen LogP contribution in [0.5, 0.6) is 0 Å². The van der Waals surface area contributed by atoms with Crippen molar-refractivity contribution in [1.82, 2.24) is 5.16 Å². The van der Waals surface area contributed by atoms with E-state index in [1.54, 1.807) is 12.1 Å². The molecule has 2 N–H and O–H groups in total. The lowest BCUT2D eigenvalue weighted by Crippen LogP contribution is -1.91. The van der Waals surface area contributed by atoms with Gasteiger partial charge in [0, 0.05) is 9.13 Å². The molecule has 0 fully saturated rings. The SMILES string of the molecule is Cc1cccc(-c2noc(N)c2-c2cccc(F)c2)c1I. The van der Waals surface area contributed by atoms with E-state index in [0.717, 1.165) is 14.7 Å². The second kappa shape index (κ2) is 5.48. The smallest absolute Gasteiger partial charge is 0.230 e. The number of aryl methyl sites for hydroxylation is 1. The van der Waals surface area contributed by atoms with Gasteiger partial charge in [-0.05, 0) is 52.8 Å². The van der Waals surface area contributed by atoms with Crippen LogP contribution in [0.4, 0.5) is 10.3 Å². The summed E-state index contributed by atoms with van der Waals surface area (Å²) in [6.07, 6.45) is 0. The number of aromatic nitrogens is 1. The van der Waals surface area contributed by atoms with Crippen molar-refractivity contribution < 1.29 is 8.91 Å². The Hall–Kier alpha value is -1.89. The minimum absolute atomic E-state index is 0.188. The molecule has 0 unspecified atom stereocenters. The summed E-state index contributed by atoms with van der Waals surface area (Å²) in [6, 6.07) is 12.2. The summed E-state index contributed by atoms with van der Waals surface area (Å²) in [5.41, 5.74) is 9.87. The number of halogens is 2. The molecule has 0 radical (unpaired) electrons. The fraction of sp³-hybridized carbons (Fsp3) is 0.0625. The lowest BCUT2D eigenvalue weighted by Gasteiger charge is -2.07. The fourth-order valence-corrected chi connectivity index (χ4v) is 2.85. The number of anilines is 1. The fourth-order valence-electron chi connectivity index (χ4n) is 2.24. The van der Waals surface area contributed by atoms with Crippen LogP contribution >= 0.6 is 22.6 Å². The summed E-state index contributed by atoms with van der Waals surface area (Å²) in [5, 5.41) is 4.07. The van der Waals surface area contributed by atoms with Crippen molar-refractivity contribution in [1.29, 1.82) is 0 Å². The number of hydrogen-bond donors (Lipinski definition) is 1. The maximum Gasteiger partial charge on any atom is 0.230 e. The molecule has 3 nitrogen and oxygen atoms in total. The normalized spacial score (nSPS) is 10.8. The van der Waals surface area contributed by atoms with Crippen molar-refractivity contribution in [2.45, 2.75) is 6.92 Å². The lowest BCUT2D eigenvalue weighted by molar-refractivity contribution is 0.439. The molecule has 1 heterocycles. The van der Waals surface area contributed by atoms with Gasteiger partial charge in [-0.1, -0.05) is 35.5 Å². The van der Waals surface area contributed by atoms with Gasteiger partial charge in [0.1, 0.15) is 11.5 Å². The first-order valence-electron chi connectivity index (χ1n) is 6.34. The van der Waals surface area contributed by atoms with Crippen LogP contribution in [0, 0.1) is 16.3 Å². The first-order valence-corrected chi connectivity index (χ1v) is 7.42. The maximum atomic E-state index is 13.5. The van der Waals surface area contributed by atoms with E-state index >= 15 is 0 Å². The summed E-state index contributed by atoms with van der Waals surface area (Å²) in [5.74, 6) is -0.133. The zero-order valence-corrected chi connectivity index (χ0v) is 13.4. The van der Waals surface area contributed by atoms with Gasteiger partial charge < -0.3 is 10.3 Å². The van der Waals surface area contributed by atoms with Crippen molar-refractivity contribution in [3.8, 4) is 22.4 Å². The molecule has 0 aliphatic heterocycles. The third-order valence-corrected chi connectivity index (χ3v) is 4.71. The van der Waals surface area contributed by atoms with Crippen LogP contribution in [0.3, 0.4) is 0 Å². The van der Waals surface area contributed by atoms with Gasteiger partial charge in [0.05, 0.1) is 5.56 Å². The largest absolute Gasteiger partial charge is 0.367 e. The molecule has 3 aromatic rings. The number of benzene rings is 2. The van der Waals surface area contributed by atoms with Crippen LogP contribution in [0.25, 0.3) is 22.4 Å². The monoisotopic (exact) mass is 394 g/mol. The molecule has 5 heteroatoms. The predicted octanol–water partition coefficient (Wildman–Crippen LogP) is 4.64. The van der Waals surface area contributed by atoms with Crippen LogP contribution in [-0.4, -0.2) is 5.16 Å². The molecule has 0 saturated carbocycles. The van der Waals surface area contributed by atoms with Crippen LogP contribution < -0.4 is 5.73 Å². The molecule has 2 aromatic carbocycles. The molecule has 3 rings (SSSR count). The highest BCUT2D eigenvalue weighted by atomic mass is 127. The van der Waals surface area contributed by atoms with Gasteiger partial charge >= 0.3 is 0 Å². The van der Waals surface area contributed by atoms with Gasteiger partial charge in [0.2, 0.25) is 5.88 Å². The number of hydrogen-bond acceptors (Lipinski definition) is 3. The summed E-state index contributed by atoms with van der Waals surface area (Å²) in [4.78, 5) is 0. The summed E-state index contributed by atoms with van der Waals surface area (Å²) in [6.45, 7) is 2.02. The Morgan fingerprint density at radius 2 is 1.95 bits per heavy atom. The third kappa shape index (κ3) is 2.53. The summed E-state index contributed by atoms with van der Waals surface area (Å²) < 4.78 is 19.7. The maximum absolute atomic E-state index is 13.5. The Kier molecular flexibility index (Phi) is 3.67. The highest BCUT2D eigenvalue weighted by Crippen LogP contribution is 2.38. The highest BCUT2D eigenvalue weighted by Gasteiger charge is 2.20. The number of nitrogens with two attached hydrogens (primary N) is 1. The van der Waals surface area contributed by atoms with Crippen LogP contribution in [0.1, 0.15) is 5.56 Å². The van der Waals surface area contributed by atoms with Crippen LogP contribution in [0.2, 0.25) is 0 Å². The topological polar surface area (TPSA) is 52.0 Å². The summed E-state index contributed by atoms with van der Waals surface area (Å²) in [7, 11) is 0. The van der Waals surface area contributed by atoms with Gasteiger partial charge in [-0.15, -0.1) is 0 Å². The van der Waals surface area contributed by atoms with Gasteiger partial charge in [-0.25, -0.2) is 4.39 Å². The molecular weight excluding hydrogens is 382 g/mol. The number of rotatable bonds is 2. The van der Waals surface area contributed by atoms with E-state index in [2.05, 4.69) is 27.7 Å². The average Bonchev–Trinajstić information content (AvgIpc) is 2.83. The van der Waals surface area contributed by atoms with Crippen molar-refractivity contribution in [2.24, 2.45) is 0 Å². The van der Waals surface area contributed by atoms with E-state index in [0.29, 0.717) is 16.8 Å². The molecule has 0 amide bonds. The van der Waals surface area contributed by atoms with E-state index < -0.39 is 0 Å². The highest BCUT2D eigenvalue weighted by molar-refractivity contribution is 14.1. The van der Waals surface area contributed by atoms with Crippen LogP contribution in [-0.2, 0) is 0 Å². The first kappa shape index (κ1) is 14.1. The van der Waals surface area contributed by atoms with Crippen LogP contribution in [0.15, 0.2) is 47.0 Å². The second-order valence-corrected chi connectivity index (χ2v) is 5.80. The Labute approximate surface area is 135 Å². The standard InChI is InChI=1S/C16H12FIN2O/c1-9-4-2-7-12(14(9)18)15-13(16(19)21-20-15)10-5-3-6-11(17)8-10/h2-8H,19H2,1H3. The Bertz CT molecular complexity index is 814. The van der Waals surface area contributed by atoms with Gasteiger partial charge in [0.15, 0.2) is 0 Å². The van der Waals surface area contributed by atoms with E-state index in [1.807, 2.05) is 25.1 Å². The lowest BCUT2D eigenvalue weighted by atomic mass is 10.00. The molecule has 0 spiro atoms. The van der Waals surface area contributed by atoms with Crippen molar-refractivity contribution >= 4 is 28.5 Å². The molecule has 0 bridgehead atoms. The first-order chi connectivity index (χ1) is 10.1. The number of nitrogen functional groups attached to an aromatic ring is 1. The Balaban J connectivity index is 2.24. The Morgan fingerprint density at radius 1 is 1.19 bits per heavy atom. The second-order valence-electron chi connectivity index (χ2n) is 4.72. The van der Waals surface area contributed by atoms with E-state index in [-0.39, 0.29) is 11.7 Å². The average molecular weight is 394 g/mol. The van der Waals surface area contributed by atoms with Gasteiger partial charge in [0.25, 0.3) is 0 Å². The van der Waals surface area contributed by atoms with Crippen molar-refractivity contribution in [2.75, 3.05) is 5.73 Å². The van der Waals surface area contributed by atoms with Crippen molar-refractivity contribution in [3.63, 3.8) is 0 Å². The molecule has 1 aromatic heterocycles.